The van der Waals surface area contributed by atoms with Crippen molar-refractivity contribution in [3.63, 3.8) is 0 Å². The molecule has 3 aromatic rings. The van der Waals surface area contributed by atoms with E-state index in [1.165, 1.54) is 6.92 Å². The van der Waals surface area contributed by atoms with Gasteiger partial charge in [-0.25, -0.2) is 9.59 Å². The molecule has 43 heavy (non-hydrogen) atoms. The van der Waals surface area contributed by atoms with Gasteiger partial charge in [0.05, 0.1) is 11.4 Å². The first-order valence-electron chi connectivity index (χ1n) is 14.0. The van der Waals surface area contributed by atoms with Crippen LogP contribution in [0.1, 0.15) is 60.5 Å². The maximum absolute atomic E-state index is 13.2. The Hall–Kier alpha value is -4.77. The lowest BCUT2D eigenvalue weighted by Crippen LogP contribution is -2.36. The number of amides is 4. The van der Waals surface area contributed by atoms with Crippen molar-refractivity contribution in [1.29, 1.82) is 0 Å². The number of ether oxygens (including phenoxy) is 1. The van der Waals surface area contributed by atoms with Gasteiger partial charge in [-0.1, -0.05) is 30.3 Å². The summed E-state index contributed by atoms with van der Waals surface area (Å²) in [6.45, 7) is 8.32. The fourth-order valence-corrected chi connectivity index (χ4v) is 4.02. The summed E-state index contributed by atoms with van der Waals surface area (Å²) in [5.74, 6) is -0.548. The zero-order valence-electron chi connectivity index (χ0n) is 25.6. The summed E-state index contributed by atoms with van der Waals surface area (Å²) in [4.78, 5) is 58.3. The minimum atomic E-state index is -0.670. The molecule has 0 aliphatic rings. The first-order valence-corrected chi connectivity index (χ1v) is 14.0. The Kier molecular flexibility index (Phi) is 11.4. The predicted octanol–water partition coefficient (Wildman–Crippen LogP) is 5.87. The van der Waals surface area contributed by atoms with Crippen molar-refractivity contribution in [2.24, 2.45) is 0 Å². The third-order valence-corrected chi connectivity index (χ3v) is 6.08. The molecule has 0 fully saturated rings. The minimum absolute atomic E-state index is 0.0862. The number of benzene rings is 2. The maximum Gasteiger partial charge on any atom is 0.412 e. The molecule has 0 spiro atoms. The predicted molar refractivity (Wildman–Crippen MR) is 168 cm³/mol. The topological polar surface area (TPSA) is 133 Å². The summed E-state index contributed by atoms with van der Waals surface area (Å²) in [5.41, 5.74) is 2.05. The third-order valence-electron chi connectivity index (χ3n) is 6.08. The van der Waals surface area contributed by atoms with Crippen molar-refractivity contribution in [1.82, 2.24) is 14.8 Å². The van der Waals surface area contributed by atoms with Crippen LogP contribution >= 0.6 is 0 Å². The van der Waals surface area contributed by atoms with Crippen molar-refractivity contribution in [2.45, 2.75) is 46.3 Å². The minimum Gasteiger partial charge on any atom is -0.444 e. The van der Waals surface area contributed by atoms with Gasteiger partial charge in [0.15, 0.2) is 5.78 Å². The third kappa shape index (κ3) is 10.9. The number of hydrogen-bond donors (Lipinski definition) is 3. The number of carbonyl (C=O) groups is 4. The highest BCUT2D eigenvalue weighted by Crippen LogP contribution is 2.23. The zero-order valence-corrected chi connectivity index (χ0v) is 25.6. The number of anilines is 3. The number of para-hydroxylation sites is 2. The van der Waals surface area contributed by atoms with Gasteiger partial charge in [0.1, 0.15) is 11.3 Å². The van der Waals surface area contributed by atoms with Gasteiger partial charge < -0.3 is 25.2 Å². The molecule has 0 radical (unpaired) electrons. The summed E-state index contributed by atoms with van der Waals surface area (Å²) in [7, 11) is 3.94. The summed E-state index contributed by atoms with van der Waals surface area (Å²) in [6.07, 6.45) is 1.67. The number of nitrogens with one attached hydrogen (secondary N) is 3. The average molecular weight is 589 g/mol. The molecule has 1 heterocycles. The van der Waals surface area contributed by atoms with E-state index in [-0.39, 0.29) is 24.1 Å². The SMILES string of the molecule is CC(=O)c1cccc(NC(=O)N(CCCN(C)C)Cc2ccc(C(=O)Nc3ccccc3NC(=O)OC(C)(C)C)nc2)c1. The van der Waals surface area contributed by atoms with Gasteiger partial charge in [-0.2, -0.15) is 0 Å². The number of urea groups is 1. The molecule has 11 nitrogen and oxygen atoms in total. The Morgan fingerprint density at radius 3 is 2.16 bits per heavy atom. The average Bonchev–Trinajstić information content (AvgIpc) is 2.92. The number of nitrogens with zero attached hydrogens (tertiary/aromatic N) is 3. The van der Waals surface area contributed by atoms with E-state index >= 15 is 0 Å². The quantitative estimate of drug-likeness (QED) is 0.239. The monoisotopic (exact) mass is 588 g/mol. The second kappa shape index (κ2) is 14.9. The van der Waals surface area contributed by atoms with E-state index in [2.05, 4.69) is 20.9 Å². The standard InChI is InChI=1S/C32H40N6O5/c1-22(39)24-11-9-12-25(19-24)34-30(41)38(18-10-17-37(5)6)21-23-15-16-28(33-20-23)29(40)35-26-13-7-8-14-27(26)36-31(42)43-32(2,3)4/h7-9,11-16,19-20H,10,17-18,21H2,1-6H3,(H,34,41)(H,35,40)(H,36,42). The maximum atomic E-state index is 13.2. The molecule has 0 aliphatic heterocycles. The second-order valence-electron chi connectivity index (χ2n) is 11.3. The largest absolute Gasteiger partial charge is 0.444 e. The molecule has 228 valence electrons. The van der Waals surface area contributed by atoms with Crippen LogP contribution in [0.15, 0.2) is 66.9 Å². The Bertz CT molecular complexity index is 1430. The van der Waals surface area contributed by atoms with E-state index in [4.69, 9.17) is 4.74 Å². The molecule has 1 aromatic heterocycles. The van der Waals surface area contributed by atoms with Gasteiger partial charge in [0, 0.05) is 30.5 Å². The molecular weight excluding hydrogens is 548 g/mol. The number of Topliss-reactive ketones (excluding diaryl/α,β-unsaturated/α-hetero) is 1. The van der Waals surface area contributed by atoms with Crippen LogP contribution < -0.4 is 16.0 Å². The van der Waals surface area contributed by atoms with Gasteiger partial charge in [-0.15, -0.1) is 0 Å². The molecular formula is C32H40N6O5. The lowest BCUT2D eigenvalue weighted by molar-refractivity contribution is 0.0635. The van der Waals surface area contributed by atoms with Gasteiger partial charge >= 0.3 is 12.1 Å². The molecule has 3 N–H and O–H groups in total. The highest BCUT2D eigenvalue weighted by Gasteiger charge is 2.19. The van der Waals surface area contributed by atoms with E-state index in [0.29, 0.717) is 29.2 Å². The Morgan fingerprint density at radius 2 is 1.56 bits per heavy atom. The van der Waals surface area contributed by atoms with Crippen LogP contribution in [0.5, 0.6) is 0 Å². The van der Waals surface area contributed by atoms with E-state index < -0.39 is 17.6 Å². The summed E-state index contributed by atoms with van der Waals surface area (Å²) in [5, 5.41) is 8.31. The Morgan fingerprint density at radius 1 is 0.860 bits per heavy atom. The van der Waals surface area contributed by atoms with Gasteiger partial charge in [0.2, 0.25) is 0 Å². The van der Waals surface area contributed by atoms with Crippen LogP contribution in [-0.4, -0.2) is 71.4 Å². The highest BCUT2D eigenvalue weighted by atomic mass is 16.6. The van der Waals surface area contributed by atoms with Crippen molar-refractivity contribution in [3.8, 4) is 0 Å². The second-order valence-corrected chi connectivity index (χ2v) is 11.3. The molecule has 0 unspecified atom stereocenters. The number of pyridine rings is 1. The van der Waals surface area contributed by atoms with Crippen molar-refractivity contribution < 1.29 is 23.9 Å². The first kappa shape index (κ1) is 32.7. The molecule has 0 saturated heterocycles. The van der Waals surface area contributed by atoms with E-state index in [1.54, 1.807) is 92.5 Å². The van der Waals surface area contributed by atoms with Gasteiger partial charge in [-0.3, -0.25) is 19.9 Å². The lowest BCUT2D eigenvalue weighted by atomic mass is 10.1. The lowest BCUT2D eigenvalue weighted by Gasteiger charge is -2.24. The highest BCUT2D eigenvalue weighted by molar-refractivity contribution is 6.05. The Balaban J connectivity index is 1.69. The number of hydrogen-bond acceptors (Lipinski definition) is 7. The normalized spacial score (nSPS) is 11.0. The number of carbonyl (C=O) groups excluding carboxylic acids is 4. The smallest absolute Gasteiger partial charge is 0.412 e. The van der Waals surface area contributed by atoms with Crippen molar-refractivity contribution in [2.75, 3.05) is 43.1 Å². The molecule has 0 aliphatic carbocycles. The number of rotatable bonds is 11. The molecule has 4 amide bonds. The van der Waals surface area contributed by atoms with Crippen LogP contribution in [0.3, 0.4) is 0 Å². The molecule has 0 bridgehead atoms. The van der Waals surface area contributed by atoms with Crippen molar-refractivity contribution >= 4 is 40.9 Å². The molecule has 3 rings (SSSR count). The van der Waals surface area contributed by atoms with Crippen LogP contribution in [-0.2, 0) is 11.3 Å². The van der Waals surface area contributed by atoms with Gasteiger partial charge in [-0.05, 0) is 90.7 Å². The number of ketones is 1. The van der Waals surface area contributed by atoms with Crippen LogP contribution in [0.4, 0.5) is 26.7 Å². The Labute approximate surface area is 252 Å². The van der Waals surface area contributed by atoms with E-state index in [9.17, 15) is 19.2 Å². The van der Waals surface area contributed by atoms with E-state index in [1.807, 2.05) is 19.0 Å². The summed E-state index contributed by atoms with van der Waals surface area (Å²) >= 11 is 0. The summed E-state index contributed by atoms with van der Waals surface area (Å²) < 4.78 is 5.31. The molecule has 0 saturated carbocycles. The molecule has 0 atom stereocenters. The summed E-state index contributed by atoms with van der Waals surface area (Å²) in [6, 6.07) is 16.6. The van der Waals surface area contributed by atoms with E-state index in [0.717, 1.165) is 18.5 Å². The van der Waals surface area contributed by atoms with Gasteiger partial charge in [0.25, 0.3) is 5.91 Å². The fraction of sp³-hybridized carbons (Fsp3) is 0.344. The number of aromatic nitrogens is 1. The van der Waals surface area contributed by atoms with Crippen LogP contribution in [0.2, 0.25) is 0 Å². The first-order chi connectivity index (χ1) is 20.3. The fourth-order valence-electron chi connectivity index (χ4n) is 4.02. The molecule has 2 aromatic carbocycles. The molecule has 11 heteroatoms. The zero-order chi connectivity index (χ0) is 31.6. The van der Waals surface area contributed by atoms with Crippen LogP contribution in [0, 0.1) is 0 Å². The van der Waals surface area contributed by atoms with Crippen molar-refractivity contribution in [3.05, 3.63) is 83.7 Å². The van der Waals surface area contributed by atoms with Crippen LogP contribution in [0.25, 0.3) is 0 Å².